The molecule has 0 bridgehead atoms. The number of pyridine rings is 1. The van der Waals surface area contributed by atoms with Gasteiger partial charge in [-0.25, -0.2) is 9.97 Å². The lowest BCUT2D eigenvalue weighted by Gasteiger charge is -2.13. The maximum absolute atomic E-state index is 5.88. The third-order valence-corrected chi connectivity index (χ3v) is 3.72. The molecule has 1 unspecified atom stereocenters. The molecule has 0 amide bonds. The molecule has 6 heteroatoms. The summed E-state index contributed by atoms with van der Waals surface area (Å²) in [6, 6.07) is 7.61. The van der Waals surface area contributed by atoms with Gasteiger partial charge < -0.3 is 13.7 Å². The van der Waals surface area contributed by atoms with Gasteiger partial charge in [-0.15, -0.1) is 0 Å². The Kier molecular flexibility index (Phi) is 2.75. The predicted molar refractivity (Wildman–Crippen MR) is 74.7 cm³/mol. The minimum absolute atomic E-state index is 0.230. The Labute approximate surface area is 120 Å². The summed E-state index contributed by atoms with van der Waals surface area (Å²) in [5, 5.41) is 0.356. The number of rotatable bonds is 2. The van der Waals surface area contributed by atoms with E-state index in [1.165, 1.54) is 0 Å². The van der Waals surface area contributed by atoms with Gasteiger partial charge in [0.25, 0.3) is 0 Å². The van der Waals surface area contributed by atoms with E-state index >= 15 is 0 Å². The summed E-state index contributed by atoms with van der Waals surface area (Å²) in [6.07, 6.45) is 2.72. The monoisotopic (exact) mass is 289 g/mol. The van der Waals surface area contributed by atoms with Crippen molar-refractivity contribution in [1.82, 2.24) is 14.5 Å². The van der Waals surface area contributed by atoms with Crippen molar-refractivity contribution in [3.63, 3.8) is 0 Å². The SMILES string of the molecule is Clc1ccc(-c2nc3cccnc3n2C2CCOC2)o1. The smallest absolute Gasteiger partial charge is 0.194 e. The van der Waals surface area contributed by atoms with Crippen molar-refractivity contribution in [3.8, 4) is 11.6 Å². The number of fused-ring (bicyclic) bond motifs is 1. The Hall–Kier alpha value is -1.85. The van der Waals surface area contributed by atoms with E-state index in [4.69, 9.17) is 20.8 Å². The number of halogens is 1. The fourth-order valence-corrected chi connectivity index (χ4v) is 2.76. The maximum Gasteiger partial charge on any atom is 0.194 e. The van der Waals surface area contributed by atoms with Gasteiger partial charge in [-0.05, 0) is 42.3 Å². The maximum atomic E-state index is 5.88. The Morgan fingerprint density at radius 1 is 1.30 bits per heavy atom. The summed E-state index contributed by atoms with van der Waals surface area (Å²) in [4.78, 5) is 9.08. The summed E-state index contributed by atoms with van der Waals surface area (Å²) in [6.45, 7) is 1.43. The quantitative estimate of drug-likeness (QED) is 0.726. The van der Waals surface area contributed by atoms with Crippen LogP contribution in [0.2, 0.25) is 5.22 Å². The molecule has 3 aromatic rings. The van der Waals surface area contributed by atoms with Crippen LogP contribution in [-0.2, 0) is 4.74 Å². The molecule has 0 N–H and O–H groups in total. The Bertz CT molecular complexity index is 759. The third kappa shape index (κ3) is 1.82. The predicted octanol–water partition coefficient (Wildman–Crippen LogP) is 3.31. The van der Waals surface area contributed by atoms with Gasteiger partial charge in [0.2, 0.25) is 0 Å². The van der Waals surface area contributed by atoms with Gasteiger partial charge >= 0.3 is 0 Å². The van der Waals surface area contributed by atoms with Crippen LogP contribution in [0.25, 0.3) is 22.7 Å². The summed E-state index contributed by atoms with van der Waals surface area (Å²) in [7, 11) is 0. The van der Waals surface area contributed by atoms with Gasteiger partial charge in [0, 0.05) is 12.8 Å². The van der Waals surface area contributed by atoms with E-state index < -0.39 is 0 Å². The van der Waals surface area contributed by atoms with Crippen molar-refractivity contribution in [2.24, 2.45) is 0 Å². The molecule has 3 aromatic heterocycles. The molecule has 1 saturated heterocycles. The van der Waals surface area contributed by atoms with Crippen molar-refractivity contribution in [1.29, 1.82) is 0 Å². The van der Waals surface area contributed by atoms with Crippen LogP contribution >= 0.6 is 11.6 Å². The van der Waals surface area contributed by atoms with Gasteiger partial charge in [-0.3, -0.25) is 0 Å². The zero-order valence-corrected chi connectivity index (χ0v) is 11.4. The van der Waals surface area contributed by atoms with Gasteiger partial charge in [0.1, 0.15) is 5.52 Å². The molecular weight excluding hydrogens is 278 g/mol. The second kappa shape index (κ2) is 4.61. The number of imidazole rings is 1. The average molecular weight is 290 g/mol. The largest absolute Gasteiger partial charge is 0.441 e. The topological polar surface area (TPSA) is 53.1 Å². The number of hydrogen-bond donors (Lipinski definition) is 0. The second-order valence-corrected chi connectivity index (χ2v) is 5.15. The Morgan fingerprint density at radius 2 is 2.25 bits per heavy atom. The molecule has 1 aliphatic heterocycles. The molecule has 20 heavy (non-hydrogen) atoms. The molecule has 1 aliphatic rings. The number of aromatic nitrogens is 3. The lowest BCUT2D eigenvalue weighted by atomic mass is 10.2. The van der Waals surface area contributed by atoms with Crippen LogP contribution in [0.3, 0.4) is 0 Å². The highest BCUT2D eigenvalue weighted by Crippen LogP contribution is 2.32. The first-order chi connectivity index (χ1) is 9.83. The van der Waals surface area contributed by atoms with Crippen LogP contribution in [0.1, 0.15) is 12.5 Å². The number of furan rings is 1. The van der Waals surface area contributed by atoms with E-state index in [0.29, 0.717) is 17.6 Å². The molecule has 0 radical (unpaired) electrons. The molecule has 1 fully saturated rings. The average Bonchev–Trinajstić information content (AvgIpc) is 3.15. The van der Waals surface area contributed by atoms with Gasteiger partial charge in [-0.2, -0.15) is 0 Å². The fourth-order valence-electron chi connectivity index (χ4n) is 2.61. The second-order valence-electron chi connectivity index (χ2n) is 4.77. The van der Waals surface area contributed by atoms with E-state index in [-0.39, 0.29) is 6.04 Å². The number of hydrogen-bond acceptors (Lipinski definition) is 4. The summed E-state index contributed by atoms with van der Waals surface area (Å²) >= 11 is 5.88. The first-order valence-corrected chi connectivity index (χ1v) is 6.87. The molecule has 0 spiro atoms. The highest BCUT2D eigenvalue weighted by atomic mass is 35.5. The molecular formula is C14H12ClN3O2. The molecule has 4 heterocycles. The molecule has 5 nitrogen and oxygen atoms in total. The summed E-state index contributed by atoms with van der Waals surface area (Å²) in [5.41, 5.74) is 1.70. The zero-order chi connectivity index (χ0) is 13.5. The first kappa shape index (κ1) is 11.9. The number of ether oxygens (including phenoxy) is 1. The van der Waals surface area contributed by atoms with Crippen LogP contribution in [0.4, 0.5) is 0 Å². The zero-order valence-electron chi connectivity index (χ0n) is 10.6. The van der Waals surface area contributed by atoms with E-state index in [9.17, 15) is 0 Å². The van der Waals surface area contributed by atoms with Crippen molar-refractivity contribution in [2.75, 3.05) is 13.2 Å². The molecule has 102 valence electrons. The van der Waals surface area contributed by atoms with Crippen molar-refractivity contribution in [2.45, 2.75) is 12.5 Å². The van der Waals surface area contributed by atoms with E-state index in [1.54, 1.807) is 12.3 Å². The highest BCUT2D eigenvalue weighted by molar-refractivity contribution is 6.28. The minimum Gasteiger partial charge on any atom is -0.441 e. The van der Waals surface area contributed by atoms with Crippen LogP contribution < -0.4 is 0 Å². The highest BCUT2D eigenvalue weighted by Gasteiger charge is 2.25. The number of nitrogens with zero attached hydrogens (tertiary/aromatic N) is 3. The van der Waals surface area contributed by atoms with Gasteiger partial charge in [-0.1, -0.05) is 0 Å². The molecule has 0 aromatic carbocycles. The molecule has 0 aliphatic carbocycles. The van der Waals surface area contributed by atoms with E-state index in [0.717, 1.165) is 30.0 Å². The normalized spacial score (nSPS) is 18.9. The Morgan fingerprint density at radius 3 is 3.00 bits per heavy atom. The third-order valence-electron chi connectivity index (χ3n) is 3.51. The van der Waals surface area contributed by atoms with E-state index in [1.807, 2.05) is 18.2 Å². The molecule has 0 saturated carbocycles. The molecule has 4 rings (SSSR count). The van der Waals surface area contributed by atoms with Crippen molar-refractivity contribution < 1.29 is 9.15 Å². The molecule has 1 atom stereocenters. The van der Waals surface area contributed by atoms with Crippen LogP contribution in [0.15, 0.2) is 34.9 Å². The van der Waals surface area contributed by atoms with Gasteiger partial charge in [0.15, 0.2) is 22.5 Å². The van der Waals surface area contributed by atoms with Crippen molar-refractivity contribution >= 4 is 22.8 Å². The summed E-state index contributed by atoms with van der Waals surface area (Å²) in [5.74, 6) is 1.40. The standard InChI is InChI=1S/C14H12ClN3O2/c15-12-4-3-11(20-12)14-17-10-2-1-6-16-13(10)18(14)9-5-7-19-8-9/h1-4,6,9H,5,7-8H2. The van der Waals surface area contributed by atoms with Crippen molar-refractivity contribution in [3.05, 3.63) is 35.7 Å². The van der Waals surface area contributed by atoms with E-state index in [2.05, 4.69) is 14.5 Å². The van der Waals surface area contributed by atoms with Gasteiger partial charge in [0.05, 0.1) is 12.6 Å². The van der Waals surface area contributed by atoms with Crippen LogP contribution in [0.5, 0.6) is 0 Å². The fraction of sp³-hybridized carbons (Fsp3) is 0.286. The summed E-state index contributed by atoms with van der Waals surface area (Å²) < 4.78 is 13.1. The van der Waals surface area contributed by atoms with Crippen LogP contribution in [-0.4, -0.2) is 27.7 Å². The lowest BCUT2D eigenvalue weighted by Crippen LogP contribution is -2.10. The lowest BCUT2D eigenvalue weighted by molar-refractivity contribution is 0.187. The Balaban J connectivity index is 1.96. The van der Waals surface area contributed by atoms with Crippen LogP contribution in [0, 0.1) is 0 Å². The minimum atomic E-state index is 0.230. The first-order valence-electron chi connectivity index (χ1n) is 6.49.